The smallest absolute Gasteiger partial charge is 0.114 e. The van der Waals surface area contributed by atoms with Crippen molar-refractivity contribution < 1.29 is 10.2 Å². The molecule has 23 heavy (non-hydrogen) atoms. The van der Waals surface area contributed by atoms with E-state index in [0.29, 0.717) is 25.2 Å². The van der Waals surface area contributed by atoms with Gasteiger partial charge in [-0.15, -0.1) is 5.10 Å². The second-order valence-electron chi connectivity index (χ2n) is 7.03. The Morgan fingerprint density at radius 1 is 1.26 bits per heavy atom. The van der Waals surface area contributed by atoms with E-state index in [9.17, 15) is 10.2 Å². The topological polar surface area (TPSA) is 74.4 Å². The molecule has 124 valence electrons. The zero-order valence-electron chi connectivity index (χ0n) is 13.7. The van der Waals surface area contributed by atoms with Crippen LogP contribution in [0.15, 0.2) is 36.5 Å². The molecule has 0 aliphatic carbocycles. The van der Waals surface area contributed by atoms with E-state index in [4.69, 9.17) is 0 Å². The molecule has 0 amide bonds. The standard InChI is InChI=1S/C17H24N4O2/c1-16(2,22)15-11-21(19-18-15)13-17(23)8-9-20(12-17)10-14-6-4-3-5-7-14/h3-7,11,22-23H,8-10,12-13H2,1-2H3. The molecule has 0 saturated carbocycles. The number of rotatable bonds is 5. The second kappa shape index (κ2) is 6.03. The lowest BCUT2D eigenvalue weighted by Gasteiger charge is -2.23. The minimum Gasteiger partial charge on any atom is -0.387 e. The van der Waals surface area contributed by atoms with Gasteiger partial charge in [-0.25, -0.2) is 4.68 Å². The van der Waals surface area contributed by atoms with Crippen LogP contribution in [0.3, 0.4) is 0 Å². The van der Waals surface area contributed by atoms with Crippen LogP contribution >= 0.6 is 0 Å². The molecule has 2 heterocycles. The molecule has 6 heteroatoms. The molecule has 2 aromatic rings. The van der Waals surface area contributed by atoms with Crippen LogP contribution in [-0.2, 0) is 18.7 Å². The fourth-order valence-electron chi connectivity index (χ4n) is 3.00. The molecule has 1 aromatic carbocycles. The van der Waals surface area contributed by atoms with Crippen molar-refractivity contribution in [2.24, 2.45) is 0 Å². The number of benzene rings is 1. The average molecular weight is 316 g/mol. The van der Waals surface area contributed by atoms with Crippen molar-refractivity contribution in [3.63, 3.8) is 0 Å². The lowest BCUT2D eigenvalue weighted by atomic mass is 10.0. The van der Waals surface area contributed by atoms with Crippen molar-refractivity contribution in [1.82, 2.24) is 19.9 Å². The SMILES string of the molecule is CC(C)(O)c1cn(CC2(O)CCN(Cc3ccccc3)C2)nn1. The van der Waals surface area contributed by atoms with Crippen LogP contribution in [0.4, 0.5) is 0 Å². The van der Waals surface area contributed by atoms with E-state index in [2.05, 4.69) is 27.3 Å². The van der Waals surface area contributed by atoms with Crippen LogP contribution in [0, 0.1) is 0 Å². The summed E-state index contributed by atoms with van der Waals surface area (Å²) in [4.78, 5) is 2.25. The lowest BCUT2D eigenvalue weighted by molar-refractivity contribution is 0.0273. The normalized spacial score (nSPS) is 22.6. The third-order valence-electron chi connectivity index (χ3n) is 4.28. The fourth-order valence-corrected chi connectivity index (χ4v) is 3.00. The highest BCUT2D eigenvalue weighted by molar-refractivity contribution is 5.15. The molecule has 0 bridgehead atoms. The molecule has 0 radical (unpaired) electrons. The van der Waals surface area contributed by atoms with Gasteiger partial charge < -0.3 is 10.2 Å². The molecule has 1 atom stereocenters. The Morgan fingerprint density at radius 2 is 2.00 bits per heavy atom. The number of likely N-dealkylation sites (tertiary alicyclic amines) is 1. The maximum atomic E-state index is 10.8. The first-order valence-corrected chi connectivity index (χ1v) is 7.96. The Bertz CT molecular complexity index is 650. The van der Waals surface area contributed by atoms with E-state index in [1.54, 1.807) is 24.7 Å². The maximum absolute atomic E-state index is 10.8. The third kappa shape index (κ3) is 3.96. The van der Waals surface area contributed by atoms with E-state index in [-0.39, 0.29) is 0 Å². The number of nitrogens with zero attached hydrogens (tertiary/aromatic N) is 4. The summed E-state index contributed by atoms with van der Waals surface area (Å²) in [6, 6.07) is 10.3. The summed E-state index contributed by atoms with van der Waals surface area (Å²) >= 11 is 0. The van der Waals surface area contributed by atoms with Crippen molar-refractivity contribution in [2.45, 2.75) is 44.6 Å². The summed E-state index contributed by atoms with van der Waals surface area (Å²) < 4.78 is 1.62. The summed E-state index contributed by atoms with van der Waals surface area (Å²) in [7, 11) is 0. The van der Waals surface area contributed by atoms with E-state index in [1.165, 1.54) is 5.56 Å². The predicted molar refractivity (Wildman–Crippen MR) is 86.6 cm³/mol. The van der Waals surface area contributed by atoms with Crippen LogP contribution < -0.4 is 0 Å². The number of hydrogen-bond acceptors (Lipinski definition) is 5. The van der Waals surface area contributed by atoms with Gasteiger partial charge in [0.1, 0.15) is 11.3 Å². The predicted octanol–water partition coefficient (Wildman–Crippen LogP) is 1.14. The van der Waals surface area contributed by atoms with Crippen LogP contribution in [0.5, 0.6) is 0 Å². The van der Waals surface area contributed by atoms with Gasteiger partial charge in [0, 0.05) is 19.6 Å². The zero-order valence-corrected chi connectivity index (χ0v) is 13.7. The fraction of sp³-hybridized carbons (Fsp3) is 0.529. The number of aliphatic hydroxyl groups is 2. The number of hydrogen-bond donors (Lipinski definition) is 2. The van der Waals surface area contributed by atoms with Crippen LogP contribution in [0.25, 0.3) is 0 Å². The van der Waals surface area contributed by atoms with Gasteiger partial charge in [-0.3, -0.25) is 4.90 Å². The number of β-amino-alcohol motifs (C(OH)–C–C–N with tert-alkyl or cyclic N) is 1. The zero-order chi connectivity index (χ0) is 16.5. The van der Waals surface area contributed by atoms with Gasteiger partial charge in [-0.2, -0.15) is 0 Å². The summed E-state index contributed by atoms with van der Waals surface area (Å²) in [6.07, 6.45) is 2.41. The Labute approximate surface area is 136 Å². The van der Waals surface area contributed by atoms with Gasteiger partial charge in [0.05, 0.1) is 18.3 Å². The van der Waals surface area contributed by atoms with E-state index in [0.717, 1.165) is 13.1 Å². The van der Waals surface area contributed by atoms with E-state index >= 15 is 0 Å². The van der Waals surface area contributed by atoms with Crippen molar-refractivity contribution >= 4 is 0 Å². The number of aromatic nitrogens is 3. The van der Waals surface area contributed by atoms with Gasteiger partial charge in [0.25, 0.3) is 0 Å². The molecule has 1 unspecified atom stereocenters. The highest BCUT2D eigenvalue weighted by Crippen LogP contribution is 2.25. The molecule has 1 aromatic heterocycles. The molecular formula is C17H24N4O2. The minimum atomic E-state index is -1.02. The minimum absolute atomic E-state index is 0.390. The molecule has 2 N–H and O–H groups in total. The van der Waals surface area contributed by atoms with Gasteiger partial charge in [-0.05, 0) is 25.8 Å². The maximum Gasteiger partial charge on any atom is 0.114 e. The van der Waals surface area contributed by atoms with Crippen molar-refractivity contribution in [2.75, 3.05) is 13.1 Å². The highest BCUT2D eigenvalue weighted by atomic mass is 16.3. The van der Waals surface area contributed by atoms with Crippen LogP contribution in [-0.4, -0.2) is 48.8 Å². The van der Waals surface area contributed by atoms with Gasteiger partial charge in [0.15, 0.2) is 0 Å². The van der Waals surface area contributed by atoms with Gasteiger partial charge in [0.2, 0.25) is 0 Å². The summed E-state index contributed by atoms with van der Waals surface area (Å²) in [5, 5.41) is 28.8. The molecule has 1 aliphatic rings. The van der Waals surface area contributed by atoms with Crippen molar-refractivity contribution in [1.29, 1.82) is 0 Å². The molecule has 1 aliphatic heterocycles. The highest BCUT2D eigenvalue weighted by Gasteiger charge is 2.37. The first kappa shape index (κ1) is 16.1. The molecular weight excluding hydrogens is 292 g/mol. The molecule has 6 nitrogen and oxygen atoms in total. The summed E-state index contributed by atoms with van der Waals surface area (Å²) in [6.45, 7) is 6.05. The third-order valence-corrected chi connectivity index (χ3v) is 4.28. The second-order valence-corrected chi connectivity index (χ2v) is 7.03. The summed E-state index contributed by atoms with van der Waals surface area (Å²) in [5.41, 5.74) is -0.0584. The first-order valence-electron chi connectivity index (χ1n) is 7.96. The van der Waals surface area contributed by atoms with Crippen LogP contribution in [0.2, 0.25) is 0 Å². The quantitative estimate of drug-likeness (QED) is 0.865. The Hall–Kier alpha value is -1.76. The molecule has 0 spiro atoms. The average Bonchev–Trinajstić information content (AvgIpc) is 3.07. The lowest BCUT2D eigenvalue weighted by Crippen LogP contribution is -2.37. The summed E-state index contributed by atoms with van der Waals surface area (Å²) in [5.74, 6) is 0. The Morgan fingerprint density at radius 3 is 2.65 bits per heavy atom. The van der Waals surface area contributed by atoms with Crippen molar-refractivity contribution in [3.05, 3.63) is 47.8 Å². The van der Waals surface area contributed by atoms with E-state index in [1.807, 2.05) is 18.2 Å². The Kier molecular flexibility index (Phi) is 4.23. The monoisotopic (exact) mass is 316 g/mol. The molecule has 1 saturated heterocycles. The van der Waals surface area contributed by atoms with E-state index < -0.39 is 11.2 Å². The van der Waals surface area contributed by atoms with Crippen LogP contribution in [0.1, 0.15) is 31.5 Å². The largest absolute Gasteiger partial charge is 0.387 e. The Balaban J connectivity index is 1.61. The molecule has 3 rings (SSSR count). The molecule has 1 fully saturated rings. The first-order chi connectivity index (χ1) is 10.8. The van der Waals surface area contributed by atoms with Crippen molar-refractivity contribution in [3.8, 4) is 0 Å². The van der Waals surface area contributed by atoms with Gasteiger partial charge in [-0.1, -0.05) is 35.5 Å². The van der Waals surface area contributed by atoms with Gasteiger partial charge >= 0.3 is 0 Å².